The molecule has 2 aliphatic rings. The minimum atomic E-state index is -0.342. The van der Waals surface area contributed by atoms with Crippen molar-refractivity contribution in [2.75, 3.05) is 13.2 Å². The first-order chi connectivity index (χ1) is 7.79. The Kier molecular flexibility index (Phi) is 2.17. The van der Waals surface area contributed by atoms with Crippen LogP contribution in [0.15, 0.2) is 18.3 Å². The molecule has 84 valence electrons. The van der Waals surface area contributed by atoms with Crippen molar-refractivity contribution in [3.8, 4) is 5.75 Å². The van der Waals surface area contributed by atoms with Crippen molar-refractivity contribution in [1.82, 2.24) is 4.98 Å². The van der Waals surface area contributed by atoms with Crippen LogP contribution in [0.1, 0.15) is 29.8 Å². The Labute approximate surface area is 93.6 Å². The Hall–Kier alpha value is -1.42. The molecule has 0 unspecified atom stereocenters. The minimum Gasteiger partial charge on any atom is -0.484 e. The number of aromatic nitrogens is 1. The maximum absolute atomic E-state index is 12.0. The number of fused-ring (bicyclic) bond motifs is 1. The standard InChI is InChI=1S/C12H13NO3/c14-9-8-12(3-6-15-7-4-12)16-10-2-1-5-13-11(9)10/h1-2,5H,3-4,6-8H2. The highest BCUT2D eigenvalue weighted by Gasteiger charge is 2.42. The Balaban J connectivity index is 1.96. The lowest BCUT2D eigenvalue weighted by Gasteiger charge is -2.39. The summed E-state index contributed by atoms with van der Waals surface area (Å²) in [6.45, 7) is 1.34. The maximum Gasteiger partial charge on any atom is 0.188 e. The molecule has 1 fully saturated rings. The molecule has 0 radical (unpaired) electrons. The van der Waals surface area contributed by atoms with Crippen molar-refractivity contribution < 1.29 is 14.3 Å². The first kappa shape index (κ1) is 9.78. The first-order valence-electron chi connectivity index (χ1n) is 5.54. The van der Waals surface area contributed by atoms with Crippen molar-refractivity contribution in [3.05, 3.63) is 24.0 Å². The summed E-state index contributed by atoms with van der Waals surface area (Å²) in [4.78, 5) is 16.0. The van der Waals surface area contributed by atoms with Gasteiger partial charge in [0.05, 0.1) is 19.6 Å². The van der Waals surface area contributed by atoms with Crippen LogP contribution >= 0.6 is 0 Å². The van der Waals surface area contributed by atoms with E-state index < -0.39 is 0 Å². The summed E-state index contributed by atoms with van der Waals surface area (Å²) in [7, 11) is 0. The van der Waals surface area contributed by atoms with Gasteiger partial charge in [0, 0.05) is 19.0 Å². The molecule has 3 rings (SSSR count). The second-order valence-corrected chi connectivity index (χ2v) is 4.35. The number of hydrogen-bond donors (Lipinski definition) is 0. The van der Waals surface area contributed by atoms with E-state index in [-0.39, 0.29) is 11.4 Å². The molecular formula is C12H13NO3. The third-order valence-corrected chi connectivity index (χ3v) is 3.25. The second kappa shape index (κ2) is 3.56. The Morgan fingerprint density at radius 1 is 1.31 bits per heavy atom. The Morgan fingerprint density at radius 3 is 2.94 bits per heavy atom. The summed E-state index contributed by atoms with van der Waals surface area (Å²) < 4.78 is 11.3. The average molecular weight is 219 g/mol. The van der Waals surface area contributed by atoms with E-state index in [1.165, 1.54) is 0 Å². The van der Waals surface area contributed by atoms with Gasteiger partial charge in [-0.05, 0) is 12.1 Å². The number of rotatable bonds is 0. The molecule has 0 amide bonds. The molecule has 0 aromatic carbocycles. The number of pyridine rings is 1. The lowest BCUT2D eigenvalue weighted by molar-refractivity contribution is -0.0508. The van der Waals surface area contributed by atoms with E-state index in [1.807, 2.05) is 6.07 Å². The molecule has 1 spiro atoms. The van der Waals surface area contributed by atoms with Crippen LogP contribution < -0.4 is 4.74 Å². The number of nitrogens with zero attached hydrogens (tertiary/aromatic N) is 1. The molecule has 0 bridgehead atoms. The molecule has 0 atom stereocenters. The molecule has 0 N–H and O–H groups in total. The van der Waals surface area contributed by atoms with Crippen LogP contribution in [0.3, 0.4) is 0 Å². The van der Waals surface area contributed by atoms with Gasteiger partial charge < -0.3 is 9.47 Å². The Morgan fingerprint density at radius 2 is 2.12 bits per heavy atom. The third kappa shape index (κ3) is 1.50. The topological polar surface area (TPSA) is 48.4 Å². The van der Waals surface area contributed by atoms with Crippen molar-refractivity contribution in [1.29, 1.82) is 0 Å². The highest BCUT2D eigenvalue weighted by molar-refractivity contribution is 5.98. The number of ketones is 1. The van der Waals surface area contributed by atoms with Crippen molar-refractivity contribution in [2.45, 2.75) is 24.9 Å². The van der Waals surface area contributed by atoms with Gasteiger partial charge in [0.15, 0.2) is 5.78 Å². The van der Waals surface area contributed by atoms with Crippen LogP contribution in [-0.4, -0.2) is 29.6 Å². The van der Waals surface area contributed by atoms with Crippen molar-refractivity contribution >= 4 is 5.78 Å². The molecule has 1 saturated heterocycles. The lowest BCUT2D eigenvalue weighted by Crippen LogP contribution is -2.46. The van der Waals surface area contributed by atoms with Crippen LogP contribution in [0.4, 0.5) is 0 Å². The predicted molar refractivity (Wildman–Crippen MR) is 56.6 cm³/mol. The van der Waals surface area contributed by atoms with E-state index >= 15 is 0 Å². The van der Waals surface area contributed by atoms with Crippen molar-refractivity contribution in [3.63, 3.8) is 0 Å². The number of carbonyl (C=O) groups excluding carboxylic acids is 1. The molecular weight excluding hydrogens is 206 g/mol. The molecule has 4 nitrogen and oxygen atoms in total. The second-order valence-electron chi connectivity index (χ2n) is 4.35. The van der Waals surface area contributed by atoms with Gasteiger partial charge in [0.1, 0.15) is 17.0 Å². The van der Waals surface area contributed by atoms with E-state index in [9.17, 15) is 4.79 Å². The predicted octanol–water partition coefficient (Wildman–Crippen LogP) is 1.60. The van der Waals surface area contributed by atoms with E-state index in [4.69, 9.17) is 9.47 Å². The number of hydrogen-bond acceptors (Lipinski definition) is 4. The van der Waals surface area contributed by atoms with E-state index in [1.54, 1.807) is 12.3 Å². The summed E-state index contributed by atoms with van der Waals surface area (Å²) in [5.41, 5.74) is 0.130. The van der Waals surface area contributed by atoms with Gasteiger partial charge in [0.25, 0.3) is 0 Å². The highest BCUT2D eigenvalue weighted by Crippen LogP contribution is 2.37. The summed E-state index contributed by atoms with van der Waals surface area (Å²) in [5.74, 6) is 0.712. The van der Waals surface area contributed by atoms with Gasteiger partial charge >= 0.3 is 0 Å². The molecule has 4 heteroatoms. The summed E-state index contributed by atoms with van der Waals surface area (Å²) in [6.07, 6.45) is 3.63. The third-order valence-electron chi connectivity index (χ3n) is 3.25. The molecule has 3 heterocycles. The molecule has 0 aliphatic carbocycles. The van der Waals surface area contributed by atoms with Gasteiger partial charge in [-0.25, -0.2) is 4.98 Å². The average Bonchev–Trinajstić information content (AvgIpc) is 2.30. The fourth-order valence-corrected chi connectivity index (χ4v) is 2.35. The van der Waals surface area contributed by atoms with Crippen LogP contribution in [0.5, 0.6) is 5.75 Å². The molecule has 1 aromatic rings. The van der Waals surface area contributed by atoms with Gasteiger partial charge in [-0.3, -0.25) is 4.79 Å². The maximum atomic E-state index is 12.0. The summed E-state index contributed by atoms with van der Waals surface area (Å²) >= 11 is 0. The molecule has 0 saturated carbocycles. The zero-order valence-corrected chi connectivity index (χ0v) is 8.94. The van der Waals surface area contributed by atoms with Gasteiger partial charge in [0.2, 0.25) is 0 Å². The van der Waals surface area contributed by atoms with Crippen LogP contribution in [0.25, 0.3) is 0 Å². The molecule has 1 aromatic heterocycles. The first-order valence-corrected chi connectivity index (χ1v) is 5.54. The largest absolute Gasteiger partial charge is 0.484 e. The quantitative estimate of drug-likeness (QED) is 0.665. The van der Waals surface area contributed by atoms with Gasteiger partial charge in [-0.2, -0.15) is 0 Å². The van der Waals surface area contributed by atoms with Gasteiger partial charge in [-0.1, -0.05) is 0 Å². The summed E-state index contributed by atoms with van der Waals surface area (Å²) in [5, 5.41) is 0. The van der Waals surface area contributed by atoms with Crippen molar-refractivity contribution in [2.24, 2.45) is 0 Å². The van der Waals surface area contributed by atoms with Crippen LogP contribution in [0, 0.1) is 0 Å². The molecule has 2 aliphatic heterocycles. The van der Waals surface area contributed by atoms with E-state index in [0.717, 1.165) is 12.8 Å². The zero-order valence-electron chi connectivity index (χ0n) is 8.94. The minimum absolute atomic E-state index is 0.0868. The van der Waals surface area contributed by atoms with Crippen LogP contribution in [-0.2, 0) is 4.74 Å². The number of Topliss-reactive ketones (excluding diaryl/α,β-unsaturated/α-hetero) is 1. The number of ether oxygens (including phenoxy) is 2. The lowest BCUT2D eigenvalue weighted by atomic mass is 9.85. The fraction of sp³-hybridized carbons (Fsp3) is 0.500. The van der Waals surface area contributed by atoms with E-state index in [0.29, 0.717) is 31.1 Å². The van der Waals surface area contributed by atoms with Gasteiger partial charge in [-0.15, -0.1) is 0 Å². The fourth-order valence-electron chi connectivity index (χ4n) is 2.35. The normalized spacial score (nSPS) is 22.6. The highest BCUT2D eigenvalue weighted by atomic mass is 16.5. The SMILES string of the molecule is O=C1CC2(CCOCC2)Oc2cccnc21. The monoisotopic (exact) mass is 219 g/mol. The van der Waals surface area contributed by atoms with E-state index in [2.05, 4.69) is 4.98 Å². The number of carbonyl (C=O) groups is 1. The van der Waals surface area contributed by atoms with Crippen LogP contribution in [0.2, 0.25) is 0 Å². The zero-order chi connectivity index (χ0) is 11.0. The Bertz CT molecular complexity index is 424. The molecule has 16 heavy (non-hydrogen) atoms. The summed E-state index contributed by atoms with van der Waals surface area (Å²) in [6, 6.07) is 3.61. The smallest absolute Gasteiger partial charge is 0.188 e.